The largest absolute Gasteiger partial charge is 0.343 e. The maximum absolute atomic E-state index is 13.3. The first kappa shape index (κ1) is 18.5. The number of hydrogen-bond acceptors (Lipinski definition) is 3. The second-order valence-electron chi connectivity index (χ2n) is 6.44. The molecule has 6 heteroatoms. The molecule has 0 aliphatic rings. The minimum atomic E-state index is -0.401. The average Bonchev–Trinajstić information content (AvgIpc) is 2.63. The van der Waals surface area contributed by atoms with Gasteiger partial charge < -0.3 is 10.6 Å². The number of nitrogens with zero attached hydrogens (tertiary/aromatic N) is 1. The van der Waals surface area contributed by atoms with Gasteiger partial charge in [-0.15, -0.1) is 0 Å². The van der Waals surface area contributed by atoms with Gasteiger partial charge in [0.25, 0.3) is 5.91 Å². The van der Waals surface area contributed by atoms with Crippen LogP contribution < -0.4 is 10.6 Å². The maximum atomic E-state index is 13.3. The molecule has 0 spiro atoms. The second kappa shape index (κ2) is 7.53. The molecule has 0 saturated carbocycles. The number of aromatic nitrogens is 1. The zero-order valence-corrected chi connectivity index (χ0v) is 15.4. The van der Waals surface area contributed by atoms with E-state index < -0.39 is 5.91 Å². The van der Waals surface area contributed by atoms with E-state index in [1.807, 2.05) is 32.0 Å². The van der Waals surface area contributed by atoms with E-state index in [0.717, 1.165) is 16.8 Å². The minimum absolute atomic E-state index is 0.160. The normalized spacial score (nSPS) is 10.7. The maximum Gasteiger partial charge on any atom is 0.253 e. The van der Waals surface area contributed by atoms with Crippen molar-refractivity contribution in [1.82, 2.24) is 10.3 Å². The fourth-order valence-electron chi connectivity index (χ4n) is 2.80. The zero-order chi connectivity index (χ0) is 19.6. The number of pyridine rings is 1. The number of hydrogen-bond donors (Lipinski definition) is 2. The van der Waals surface area contributed by atoms with Gasteiger partial charge in [-0.3, -0.25) is 14.6 Å². The fourth-order valence-corrected chi connectivity index (χ4v) is 2.80. The topological polar surface area (TPSA) is 71.1 Å². The standard InChI is InChI=1S/C21H20FN3O2/c1-12-5-4-6-18(13(12)2)25-20(26)11-23-21(27)17-9-15-7-8-16(22)10-19(15)24-14(17)3/h4-10H,11H2,1-3H3,(H,23,27)(H,25,26). The van der Waals surface area contributed by atoms with Gasteiger partial charge in [0.15, 0.2) is 0 Å². The average molecular weight is 365 g/mol. The highest BCUT2D eigenvalue weighted by molar-refractivity contribution is 6.02. The Balaban J connectivity index is 1.69. The van der Waals surface area contributed by atoms with E-state index in [1.165, 1.54) is 12.1 Å². The van der Waals surface area contributed by atoms with Gasteiger partial charge in [-0.25, -0.2) is 4.39 Å². The number of halogens is 1. The molecule has 5 nitrogen and oxygen atoms in total. The monoisotopic (exact) mass is 365 g/mol. The lowest BCUT2D eigenvalue weighted by Crippen LogP contribution is -2.33. The van der Waals surface area contributed by atoms with Crippen LogP contribution >= 0.6 is 0 Å². The van der Waals surface area contributed by atoms with Crippen LogP contribution in [0.3, 0.4) is 0 Å². The summed E-state index contributed by atoms with van der Waals surface area (Å²) in [7, 11) is 0. The number of benzene rings is 2. The van der Waals surface area contributed by atoms with Crippen molar-refractivity contribution in [2.45, 2.75) is 20.8 Å². The lowest BCUT2D eigenvalue weighted by atomic mass is 10.1. The summed E-state index contributed by atoms with van der Waals surface area (Å²) in [6.07, 6.45) is 0. The van der Waals surface area contributed by atoms with Crippen molar-refractivity contribution in [3.63, 3.8) is 0 Å². The number of carbonyl (C=O) groups is 2. The highest BCUT2D eigenvalue weighted by atomic mass is 19.1. The molecule has 2 amide bonds. The van der Waals surface area contributed by atoms with E-state index in [4.69, 9.17) is 0 Å². The van der Waals surface area contributed by atoms with Gasteiger partial charge in [-0.1, -0.05) is 12.1 Å². The number of amides is 2. The van der Waals surface area contributed by atoms with Crippen molar-refractivity contribution in [3.8, 4) is 0 Å². The highest BCUT2D eigenvalue weighted by Gasteiger charge is 2.14. The van der Waals surface area contributed by atoms with Crippen LogP contribution in [0.25, 0.3) is 10.9 Å². The van der Waals surface area contributed by atoms with Gasteiger partial charge >= 0.3 is 0 Å². The summed E-state index contributed by atoms with van der Waals surface area (Å²) in [5.41, 5.74) is 4.09. The Kier molecular flexibility index (Phi) is 5.16. The molecule has 0 fully saturated rings. The van der Waals surface area contributed by atoms with E-state index in [0.29, 0.717) is 22.2 Å². The zero-order valence-electron chi connectivity index (χ0n) is 15.4. The highest BCUT2D eigenvalue weighted by Crippen LogP contribution is 2.19. The lowest BCUT2D eigenvalue weighted by molar-refractivity contribution is -0.115. The van der Waals surface area contributed by atoms with Crippen LogP contribution in [0.5, 0.6) is 0 Å². The molecule has 2 N–H and O–H groups in total. The molecule has 0 aliphatic heterocycles. The van der Waals surface area contributed by atoms with Gasteiger partial charge in [0, 0.05) is 17.1 Å². The van der Waals surface area contributed by atoms with Gasteiger partial charge in [-0.2, -0.15) is 0 Å². The third kappa shape index (κ3) is 4.11. The number of anilines is 1. The molecule has 0 radical (unpaired) electrons. The SMILES string of the molecule is Cc1cccc(NC(=O)CNC(=O)c2cc3ccc(F)cc3nc2C)c1C. The van der Waals surface area contributed by atoms with Crippen LogP contribution in [0.15, 0.2) is 42.5 Å². The molecule has 27 heavy (non-hydrogen) atoms. The molecule has 3 aromatic rings. The van der Waals surface area contributed by atoms with Crippen LogP contribution in [0.1, 0.15) is 27.2 Å². The van der Waals surface area contributed by atoms with Crippen molar-refractivity contribution < 1.29 is 14.0 Å². The van der Waals surface area contributed by atoms with Crippen molar-refractivity contribution >= 4 is 28.4 Å². The molecule has 0 unspecified atom stereocenters. The molecule has 3 rings (SSSR count). The Bertz CT molecular complexity index is 1050. The van der Waals surface area contributed by atoms with Crippen molar-refractivity contribution in [1.29, 1.82) is 0 Å². The number of carbonyl (C=O) groups excluding carboxylic acids is 2. The summed E-state index contributed by atoms with van der Waals surface area (Å²) in [4.78, 5) is 28.9. The summed E-state index contributed by atoms with van der Waals surface area (Å²) in [6, 6.07) is 11.5. The molecule has 138 valence electrons. The molecule has 1 aromatic heterocycles. The minimum Gasteiger partial charge on any atom is -0.343 e. The molecular formula is C21H20FN3O2. The van der Waals surface area contributed by atoms with E-state index in [-0.39, 0.29) is 18.3 Å². The summed E-state index contributed by atoms with van der Waals surface area (Å²) >= 11 is 0. The first-order chi connectivity index (χ1) is 12.8. The summed E-state index contributed by atoms with van der Waals surface area (Å²) in [5, 5.41) is 6.06. The predicted octanol–water partition coefficient (Wildman–Crippen LogP) is 3.67. The van der Waals surface area contributed by atoms with Crippen molar-refractivity contribution in [2.24, 2.45) is 0 Å². The second-order valence-corrected chi connectivity index (χ2v) is 6.44. The molecular weight excluding hydrogens is 345 g/mol. The van der Waals surface area contributed by atoms with Crippen molar-refractivity contribution in [2.75, 3.05) is 11.9 Å². The molecule has 0 aliphatic carbocycles. The number of nitrogens with one attached hydrogen (secondary N) is 2. The van der Waals surface area contributed by atoms with Crippen LogP contribution in [0, 0.1) is 26.6 Å². The molecule has 0 atom stereocenters. The third-order valence-electron chi connectivity index (χ3n) is 4.50. The van der Waals surface area contributed by atoms with E-state index >= 15 is 0 Å². The lowest BCUT2D eigenvalue weighted by Gasteiger charge is -2.12. The fraction of sp³-hybridized carbons (Fsp3) is 0.190. The van der Waals surface area contributed by atoms with Crippen LogP contribution in [0.4, 0.5) is 10.1 Å². The molecule has 0 saturated heterocycles. The molecule has 2 aromatic carbocycles. The van der Waals surface area contributed by atoms with Crippen molar-refractivity contribution in [3.05, 3.63) is 70.7 Å². The smallest absolute Gasteiger partial charge is 0.253 e. The summed E-state index contributed by atoms with van der Waals surface area (Å²) in [5.74, 6) is -1.09. The van der Waals surface area contributed by atoms with Crippen LogP contribution in [0.2, 0.25) is 0 Å². The number of aryl methyl sites for hydroxylation is 2. The number of fused-ring (bicyclic) bond motifs is 1. The number of rotatable bonds is 4. The first-order valence-electron chi connectivity index (χ1n) is 8.56. The van der Waals surface area contributed by atoms with E-state index in [9.17, 15) is 14.0 Å². The Morgan fingerprint density at radius 1 is 1.07 bits per heavy atom. The third-order valence-corrected chi connectivity index (χ3v) is 4.50. The Labute approximate surface area is 156 Å². The quantitative estimate of drug-likeness (QED) is 0.741. The van der Waals surface area contributed by atoms with Gasteiger partial charge in [0.2, 0.25) is 5.91 Å². The van der Waals surface area contributed by atoms with Gasteiger partial charge in [0.05, 0.1) is 23.3 Å². The summed E-state index contributed by atoms with van der Waals surface area (Å²) < 4.78 is 13.3. The van der Waals surface area contributed by atoms with Crippen LogP contribution in [-0.4, -0.2) is 23.3 Å². The van der Waals surface area contributed by atoms with Gasteiger partial charge in [-0.05, 0) is 56.2 Å². The summed E-state index contributed by atoms with van der Waals surface area (Å²) in [6.45, 7) is 5.41. The molecule has 0 bridgehead atoms. The predicted molar refractivity (Wildman–Crippen MR) is 103 cm³/mol. The Hall–Kier alpha value is -3.28. The Morgan fingerprint density at radius 2 is 1.85 bits per heavy atom. The van der Waals surface area contributed by atoms with Crippen LogP contribution in [-0.2, 0) is 4.79 Å². The van der Waals surface area contributed by atoms with E-state index in [1.54, 1.807) is 19.1 Å². The first-order valence-corrected chi connectivity index (χ1v) is 8.56. The Morgan fingerprint density at radius 3 is 2.63 bits per heavy atom. The van der Waals surface area contributed by atoms with Gasteiger partial charge in [0.1, 0.15) is 5.82 Å². The molecule has 1 heterocycles. The van der Waals surface area contributed by atoms with E-state index in [2.05, 4.69) is 15.6 Å².